The standard InChI is InChI=1S/C25H29N3O2/c1-6-28-23-11-10-18(13-22(23)17(2)15-25(28,3)4)12-19(16-26)24(29)27-20-8-7-9-21(14-20)30-5/h7-14,17H,6,15H2,1-5H3,(H,27,29)/b19-12-/t17-/m0/s1. The molecule has 5 heteroatoms. The van der Waals surface area contributed by atoms with Gasteiger partial charge in [-0.3, -0.25) is 4.79 Å². The smallest absolute Gasteiger partial charge is 0.266 e. The van der Waals surface area contributed by atoms with Crippen molar-refractivity contribution in [2.75, 3.05) is 23.9 Å². The second-order valence-electron chi connectivity index (χ2n) is 8.34. The zero-order chi connectivity index (χ0) is 21.9. The molecule has 1 atom stereocenters. The summed E-state index contributed by atoms with van der Waals surface area (Å²) in [7, 11) is 1.57. The Morgan fingerprint density at radius 1 is 1.33 bits per heavy atom. The minimum absolute atomic E-state index is 0.0638. The number of fused-ring (bicyclic) bond motifs is 1. The van der Waals surface area contributed by atoms with Crippen LogP contribution in [0.2, 0.25) is 0 Å². The number of hydrogen-bond donors (Lipinski definition) is 1. The topological polar surface area (TPSA) is 65.4 Å². The van der Waals surface area contributed by atoms with Crippen LogP contribution in [-0.2, 0) is 4.79 Å². The first-order valence-corrected chi connectivity index (χ1v) is 10.3. The second kappa shape index (κ2) is 8.62. The molecule has 1 aliphatic heterocycles. The van der Waals surface area contributed by atoms with Crippen molar-refractivity contribution in [1.82, 2.24) is 0 Å². The van der Waals surface area contributed by atoms with Crippen LogP contribution in [-0.4, -0.2) is 25.1 Å². The van der Waals surface area contributed by atoms with Gasteiger partial charge in [-0.25, -0.2) is 0 Å². The Morgan fingerprint density at radius 3 is 2.77 bits per heavy atom. The van der Waals surface area contributed by atoms with Crippen molar-refractivity contribution in [2.24, 2.45) is 0 Å². The zero-order valence-corrected chi connectivity index (χ0v) is 18.3. The third-order valence-corrected chi connectivity index (χ3v) is 5.73. The molecule has 0 saturated carbocycles. The Balaban J connectivity index is 1.89. The highest BCUT2D eigenvalue weighted by Crippen LogP contribution is 2.43. The van der Waals surface area contributed by atoms with E-state index in [4.69, 9.17) is 4.74 Å². The van der Waals surface area contributed by atoms with Gasteiger partial charge >= 0.3 is 0 Å². The first kappa shape index (κ1) is 21.4. The van der Waals surface area contributed by atoms with E-state index in [-0.39, 0.29) is 11.1 Å². The molecule has 156 valence electrons. The summed E-state index contributed by atoms with van der Waals surface area (Å²) in [5.41, 5.74) is 4.10. The highest BCUT2D eigenvalue weighted by molar-refractivity contribution is 6.09. The lowest BCUT2D eigenvalue weighted by molar-refractivity contribution is -0.112. The van der Waals surface area contributed by atoms with E-state index >= 15 is 0 Å². The molecule has 0 unspecified atom stereocenters. The van der Waals surface area contributed by atoms with Crippen molar-refractivity contribution in [3.05, 3.63) is 59.2 Å². The Kier molecular flexibility index (Phi) is 6.17. The third kappa shape index (κ3) is 4.33. The number of nitrogens with zero attached hydrogens (tertiary/aromatic N) is 2. The van der Waals surface area contributed by atoms with E-state index < -0.39 is 5.91 Å². The van der Waals surface area contributed by atoms with Gasteiger partial charge in [-0.2, -0.15) is 5.26 Å². The number of amides is 1. The molecule has 0 radical (unpaired) electrons. The quantitative estimate of drug-likeness (QED) is 0.540. The number of nitriles is 1. The molecule has 0 aromatic heterocycles. The van der Waals surface area contributed by atoms with Crippen LogP contribution < -0.4 is 15.0 Å². The van der Waals surface area contributed by atoms with Gasteiger partial charge < -0.3 is 15.0 Å². The van der Waals surface area contributed by atoms with Crippen LogP contribution in [0.1, 0.15) is 51.2 Å². The average Bonchev–Trinajstić information content (AvgIpc) is 2.72. The summed E-state index contributed by atoms with van der Waals surface area (Å²) in [4.78, 5) is 15.1. The number of methoxy groups -OCH3 is 1. The fourth-order valence-corrected chi connectivity index (χ4v) is 4.41. The molecule has 1 amide bonds. The lowest BCUT2D eigenvalue weighted by Crippen LogP contribution is -2.48. The number of benzene rings is 2. The number of carbonyl (C=O) groups is 1. The van der Waals surface area contributed by atoms with Crippen LogP contribution in [0.15, 0.2) is 48.0 Å². The molecule has 0 spiro atoms. The van der Waals surface area contributed by atoms with Crippen molar-refractivity contribution in [1.29, 1.82) is 5.26 Å². The maximum absolute atomic E-state index is 12.6. The SMILES string of the molecule is CCN1c2ccc(/C=C(/C#N)C(=O)Nc3cccc(OC)c3)cc2[C@@H](C)CC1(C)C. The molecule has 5 nitrogen and oxygen atoms in total. The lowest BCUT2D eigenvalue weighted by Gasteiger charge is -2.47. The molecule has 0 bridgehead atoms. The Hall–Kier alpha value is -3.26. The third-order valence-electron chi connectivity index (χ3n) is 5.73. The van der Waals surface area contributed by atoms with Crippen LogP contribution in [0, 0.1) is 11.3 Å². The van der Waals surface area contributed by atoms with Gasteiger partial charge in [0.2, 0.25) is 0 Å². The van der Waals surface area contributed by atoms with E-state index in [0.717, 1.165) is 18.5 Å². The molecule has 0 fully saturated rings. The number of nitrogens with one attached hydrogen (secondary N) is 1. The molecule has 30 heavy (non-hydrogen) atoms. The van der Waals surface area contributed by atoms with Crippen molar-refractivity contribution in [2.45, 2.75) is 45.6 Å². The maximum Gasteiger partial charge on any atom is 0.266 e. The summed E-state index contributed by atoms with van der Waals surface area (Å²) in [6.07, 6.45) is 2.71. The summed E-state index contributed by atoms with van der Waals surface area (Å²) in [6, 6.07) is 15.3. The van der Waals surface area contributed by atoms with E-state index in [0.29, 0.717) is 17.4 Å². The number of carbonyl (C=O) groups excluding carboxylic acids is 1. The van der Waals surface area contributed by atoms with Gasteiger partial charge in [0, 0.05) is 29.5 Å². The van der Waals surface area contributed by atoms with Gasteiger partial charge in [0.1, 0.15) is 17.4 Å². The molecule has 2 aromatic carbocycles. The predicted octanol–water partition coefficient (Wildman–Crippen LogP) is 5.35. The van der Waals surface area contributed by atoms with Gasteiger partial charge in [-0.05, 0) is 74.6 Å². The van der Waals surface area contributed by atoms with Gasteiger partial charge in [0.05, 0.1) is 7.11 Å². The molecular formula is C25H29N3O2. The van der Waals surface area contributed by atoms with Crippen LogP contribution >= 0.6 is 0 Å². The highest BCUT2D eigenvalue weighted by Gasteiger charge is 2.35. The highest BCUT2D eigenvalue weighted by atomic mass is 16.5. The molecular weight excluding hydrogens is 374 g/mol. The van der Waals surface area contributed by atoms with Gasteiger partial charge in [0.15, 0.2) is 0 Å². The van der Waals surface area contributed by atoms with Crippen molar-refractivity contribution in [3.63, 3.8) is 0 Å². The predicted molar refractivity (Wildman–Crippen MR) is 122 cm³/mol. The second-order valence-corrected chi connectivity index (χ2v) is 8.34. The fraction of sp³-hybridized carbons (Fsp3) is 0.360. The first-order valence-electron chi connectivity index (χ1n) is 10.3. The minimum atomic E-state index is -0.437. The van der Waals surface area contributed by atoms with Crippen molar-refractivity contribution < 1.29 is 9.53 Å². The molecule has 1 heterocycles. The van der Waals surface area contributed by atoms with Crippen LogP contribution in [0.4, 0.5) is 11.4 Å². The van der Waals surface area contributed by atoms with Crippen molar-refractivity contribution in [3.8, 4) is 11.8 Å². The molecule has 0 aliphatic carbocycles. The minimum Gasteiger partial charge on any atom is -0.497 e. The molecule has 3 rings (SSSR count). The Labute approximate surface area is 179 Å². The van der Waals surface area contributed by atoms with E-state index in [1.165, 1.54) is 11.3 Å². The summed E-state index contributed by atoms with van der Waals surface area (Å²) in [6.45, 7) is 9.91. The van der Waals surface area contributed by atoms with E-state index in [1.807, 2.05) is 12.1 Å². The van der Waals surface area contributed by atoms with E-state index in [1.54, 1.807) is 37.5 Å². The summed E-state index contributed by atoms with van der Waals surface area (Å²) < 4.78 is 5.18. The summed E-state index contributed by atoms with van der Waals surface area (Å²) in [5.74, 6) is 0.609. The average molecular weight is 404 g/mol. The normalized spacial score (nSPS) is 17.7. The Morgan fingerprint density at radius 2 is 2.10 bits per heavy atom. The largest absolute Gasteiger partial charge is 0.497 e. The number of hydrogen-bond acceptors (Lipinski definition) is 4. The molecule has 1 N–H and O–H groups in total. The maximum atomic E-state index is 12.6. The summed E-state index contributed by atoms with van der Waals surface area (Å²) >= 11 is 0. The first-order chi connectivity index (χ1) is 14.3. The van der Waals surface area contributed by atoms with E-state index in [2.05, 4.69) is 50.0 Å². The molecule has 1 aliphatic rings. The van der Waals surface area contributed by atoms with E-state index in [9.17, 15) is 10.1 Å². The molecule has 0 saturated heterocycles. The van der Waals surface area contributed by atoms with Crippen LogP contribution in [0.25, 0.3) is 6.08 Å². The summed E-state index contributed by atoms with van der Waals surface area (Å²) in [5, 5.41) is 12.3. The number of rotatable bonds is 5. The Bertz CT molecular complexity index is 1020. The number of ether oxygens (including phenoxy) is 1. The lowest BCUT2D eigenvalue weighted by atomic mass is 9.79. The van der Waals surface area contributed by atoms with Gasteiger partial charge in [0.25, 0.3) is 5.91 Å². The van der Waals surface area contributed by atoms with Crippen LogP contribution in [0.5, 0.6) is 5.75 Å². The fourth-order valence-electron chi connectivity index (χ4n) is 4.41. The molecule has 2 aromatic rings. The monoisotopic (exact) mass is 403 g/mol. The van der Waals surface area contributed by atoms with Crippen molar-refractivity contribution >= 4 is 23.4 Å². The van der Waals surface area contributed by atoms with Crippen LogP contribution in [0.3, 0.4) is 0 Å². The zero-order valence-electron chi connectivity index (χ0n) is 18.3. The number of anilines is 2. The van der Waals surface area contributed by atoms with Gasteiger partial charge in [-0.1, -0.05) is 19.1 Å². The van der Waals surface area contributed by atoms with Gasteiger partial charge in [-0.15, -0.1) is 0 Å².